The zero-order valence-electron chi connectivity index (χ0n) is 12.2. The highest BCUT2D eigenvalue weighted by molar-refractivity contribution is 5.75. The summed E-state index contributed by atoms with van der Waals surface area (Å²) in [5.41, 5.74) is 5.04. The molecule has 1 aliphatic rings. The number of hydrogen-bond donors (Lipinski definition) is 0. The van der Waals surface area contributed by atoms with Crippen molar-refractivity contribution in [2.24, 2.45) is 0 Å². The fraction of sp³-hybridized carbons (Fsp3) is 0.333. The molecule has 2 nitrogen and oxygen atoms in total. The van der Waals surface area contributed by atoms with Gasteiger partial charge in [0.25, 0.3) is 0 Å². The van der Waals surface area contributed by atoms with Crippen molar-refractivity contribution in [3.63, 3.8) is 0 Å². The summed E-state index contributed by atoms with van der Waals surface area (Å²) >= 11 is 0. The highest BCUT2D eigenvalue weighted by Crippen LogP contribution is 2.37. The molecule has 2 aromatic rings. The van der Waals surface area contributed by atoms with Crippen molar-refractivity contribution in [1.82, 2.24) is 0 Å². The second-order valence-corrected chi connectivity index (χ2v) is 5.40. The number of benzene rings is 2. The summed E-state index contributed by atoms with van der Waals surface area (Å²) in [6.45, 7) is 4.46. The van der Waals surface area contributed by atoms with Gasteiger partial charge in [-0.1, -0.05) is 30.3 Å². The zero-order valence-corrected chi connectivity index (χ0v) is 12.2. The van der Waals surface area contributed by atoms with E-state index in [-0.39, 0.29) is 0 Å². The minimum atomic E-state index is 0.983. The highest BCUT2D eigenvalue weighted by atomic mass is 16.5. The Morgan fingerprint density at radius 1 is 1.00 bits per heavy atom. The molecular formula is C18H21NO. The number of methoxy groups -OCH3 is 1. The molecule has 0 bridgehead atoms. The molecule has 0 radical (unpaired) electrons. The van der Waals surface area contributed by atoms with Crippen LogP contribution in [0.2, 0.25) is 0 Å². The molecule has 104 valence electrons. The fourth-order valence-electron chi connectivity index (χ4n) is 2.97. The average molecular weight is 267 g/mol. The second-order valence-electron chi connectivity index (χ2n) is 5.40. The Kier molecular flexibility index (Phi) is 3.64. The third-order valence-corrected chi connectivity index (χ3v) is 4.06. The summed E-state index contributed by atoms with van der Waals surface area (Å²) in [7, 11) is 1.76. The molecule has 1 aliphatic heterocycles. The maximum Gasteiger partial charge on any atom is 0.142 e. The van der Waals surface area contributed by atoms with E-state index in [1.165, 1.54) is 35.2 Å². The van der Waals surface area contributed by atoms with Crippen LogP contribution in [0, 0.1) is 6.92 Å². The van der Waals surface area contributed by atoms with Crippen LogP contribution in [0.3, 0.4) is 0 Å². The molecule has 2 aromatic carbocycles. The van der Waals surface area contributed by atoms with Crippen LogP contribution in [0.4, 0.5) is 5.69 Å². The fourth-order valence-corrected chi connectivity index (χ4v) is 2.97. The lowest BCUT2D eigenvalue weighted by Gasteiger charge is -2.22. The van der Waals surface area contributed by atoms with E-state index >= 15 is 0 Å². The van der Waals surface area contributed by atoms with E-state index in [4.69, 9.17) is 4.74 Å². The van der Waals surface area contributed by atoms with Gasteiger partial charge in [0.2, 0.25) is 0 Å². The van der Waals surface area contributed by atoms with Crippen molar-refractivity contribution < 1.29 is 4.74 Å². The molecular weight excluding hydrogens is 246 g/mol. The minimum absolute atomic E-state index is 0.983. The van der Waals surface area contributed by atoms with Gasteiger partial charge in [0, 0.05) is 13.1 Å². The Morgan fingerprint density at radius 2 is 1.70 bits per heavy atom. The molecule has 2 heteroatoms. The first kappa shape index (κ1) is 13.0. The SMILES string of the molecule is COc1cc(-c2ccccc2)c(C)cc1N1CCCC1. The van der Waals surface area contributed by atoms with Crippen molar-refractivity contribution in [2.45, 2.75) is 19.8 Å². The molecule has 0 aliphatic carbocycles. The van der Waals surface area contributed by atoms with Gasteiger partial charge in [0.15, 0.2) is 0 Å². The summed E-state index contributed by atoms with van der Waals surface area (Å²) in [5.74, 6) is 0.983. The third kappa shape index (κ3) is 2.38. The number of rotatable bonds is 3. The Labute approximate surface area is 121 Å². The van der Waals surface area contributed by atoms with Crippen LogP contribution in [0.15, 0.2) is 42.5 Å². The van der Waals surface area contributed by atoms with Gasteiger partial charge in [0.05, 0.1) is 12.8 Å². The topological polar surface area (TPSA) is 12.5 Å². The van der Waals surface area contributed by atoms with Crippen molar-refractivity contribution in [1.29, 1.82) is 0 Å². The minimum Gasteiger partial charge on any atom is -0.495 e. The first-order valence-corrected chi connectivity index (χ1v) is 7.28. The van der Waals surface area contributed by atoms with Gasteiger partial charge in [-0.15, -0.1) is 0 Å². The molecule has 0 aromatic heterocycles. The zero-order chi connectivity index (χ0) is 13.9. The predicted molar refractivity (Wildman–Crippen MR) is 84.6 cm³/mol. The van der Waals surface area contributed by atoms with Crippen LogP contribution in [-0.2, 0) is 0 Å². The lowest BCUT2D eigenvalue weighted by molar-refractivity contribution is 0.415. The average Bonchev–Trinajstić information content (AvgIpc) is 3.02. The largest absolute Gasteiger partial charge is 0.495 e. The van der Waals surface area contributed by atoms with Crippen LogP contribution >= 0.6 is 0 Å². The van der Waals surface area contributed by atoms with Crippen molar-refractivity contribution in [3.8, 4) is 16.9 Å². The molecule has 20 heavy (non-hydrogen) atoms. The normalized spacial score (nSPS) is 14.6. The number of anilines is 1. The van der Waals surface area contributed by atoms with E-state index in [9.17, 15) is 0 Å². The molecule has 0 saturated carbocycles. The van der Waals surface area contributed by atoms with Crippen LogP contribution < -0.4 is 9.64 Å². The maximum absolute atomic E-state index is 5.63. The summed E-state index contributed by atoms with van der Waals surface area (Å²) in [5, 5.41) is 0. The van der Waals surface area contributed by atoms with Crippen LogP contribution in [-0.4, -0.2) is 20.2 Å². The summed E-state index contributed by atoms with van der Waals surface area (Å²) in [6.07, 6.45) is 2.56. The van der Waals surface area contributed by atoms with Gasteiger partial charge in [0.1, 0.15) is 5.75 Å². The molecule has 0 amide bonds. The van der Waals surface area contributed by atoms with E-state index in [2.05, 4.69) is 54.3 Å². The molecule has 0 spiro atoms. The monoisotopic (exact) mass is 267 g/mol. The summed E-state index contributed by atoms with van der Waals surface area (Å²) in [4.78, 5) is 2.43. The first-order chi connectivity index (χ1) is 9.79. The van der Waals surface area contributed by atoms with Crippen molar-refractivity contribution >= 4 is 5.69 Å². The van der Waals surface area contributed by atoms with Crippen molar-refractivity contribution in [3.05, 3.63) is 48.0 Å². The third-order valence-electron chi connectivity index (χ3n) is 4.06. The van der Waals surface area contributed by atoms with Gasteiger partial charge >= 0.3 is 0 Å². The number of hydrogen-bond acceptors (Lipinski definition) is 2. The molecule has 3 rings (SSSR count). The Bertz CT molecular complexity index is 586. The van der Waals surface area contributed by atoms with Gasteiger partial charge in [-0.3, -0.25) is 0 Å². The van der Waals surface area contributed by atoms with E-state index in [1.807, 2.05) is 0 Å². The maximum atomic E-state index is 5.63. The smallest absolute Gasteiger partial charge is 0.142 e. The van der Waals surface area contributed by atoms with E-state index in [0.717, 1.165) is 18.8 Å². The Balaban J connectivity index is 2.06. The number of aryl methyl sites for hydroxylation is 1. The molecule has 1 fully saturated rings. The molecule has 0 N–H and O–H groups in total. The highest BCUT2D eigenvalue weighted by Gasteiger charge is 2.18. The van der Waals surface area contributed by atoms with Crippen LogP contribution in [0.25, 0.3) is 11.1 Å². The van der Waals surface area contributed by atoms with Gasteiger partial charge in [-0.05, 0) is 48.6 Å². The molecule has 1 heterocycles. The lowest BCUT2D eigenvalue weighted by atomic mass is 9.99. The first-order valence-electron chi connectivity index (χ1n) is 7.28. The standard InChI is InChI=1S/C18H21NO/c1-14-12-17(19-10-6-7-11-19)18(20-2)13-16(14)15-8-4-3-5-9-15/h3-5,8-9,12-13H,6-7,10-11H2,1-2H3. The molecule has 0 atom stereocenters. The van der Waals surface area contributed by atoms with Crippen LogP contribution in [0.5, 0.6) is 5.75 Å². The van der Waals surface area contributed by atoms with Gasteiger partial charge in [-0.25, -0.2) is 0 Å². The van der Waals surface area contributed by atoms with E-state index < -0.39 is 0 Å². The summed E-state index contributed by atoms with van der Waals surface area (Å²) < 4.78 is 5.63. The van der Waals surface area contributed by atoms with Gasteiger partial charge in [-0.2, -0.15) is 0 Å². The van der Waals surface area contributed by atoms with Crippen molar-refractivity contribution in [2.75, 3.05) is 25.1 Å². The second kappa shape index (κ2) is 5.58. The lowest BCUT2D eigenvalue weighted by Crippen LogP contribution is -2.18. The Hall–Kier alpha value is -1.96. The molecule has 1 saturated heterocycles. The summed E-state index contributed by atoms with van der Waals surface area (Å²) in [6, 6.07) is 15.0. The predicted octanol–water partition coefficient (Wildman–Crippen LogP) is 4.27. The Morgan fingerprint density at radius 3 is 2.35 bits per heavy atom. The van der Waals surface area contributed by atoms with E-state index in [0.29, 0.717) is 0 Å². The molecule has 0 unspecified atom stereocenters. The van der Waals surface area contributed by atoms with E-state index in [1.54, 1.807) is 7.11 Å². The number of nitrogens with zero attached hydrogens (tertiary/aromatic N) is 1. The number of ether oxygens (including phenoxy) is 1. The van der Waals surface area contributed by atoms with Gasteiger partial charge < -0.3 is 9.64 Å². The van der Waals surface area contributed by atoms with Crippen LogP contribution in [0.1, 0.15) is 18.4 Å². The quantitative estimate of drug-likeness (QED) is 0.823.